The smallest absolute Gasteiger partial charge is 0.237 e. The zero-order valence-corrected chi connectivity index (χ0v) is 20.5. The number of aliphatic hydroxyl groups is 1. The third-order valence-electron chi connectivity index (χ3n) is 6.44. The molecular weight excluding hydrogens is 468 g/mol. The number of nitrogen functional groups attached to an aromatic ring is 1. The second-order valence-electron chi connectivity index (χ2n) is 8.91. The van der Waals surface area contributed by atoms with Gasteiger partial charge in [0.2, 0.25) is 11.9 Å². The zero-order chi connectivity index (χ0) is 24.4. The van der Waals surface area contributed by atoms with E-state index in [1.165, 1.54) is 0 Å². The Morgan fingerprint density at radius 3 is 2.80 bits per heavy atom. The Morgan fingerprint density at radius 2 is 2.06 bits per heavy atom. The molecule has 3 aromatic rings. The Hall–Kier alpha value is -2.93. The molecule has 5 rings (SSSR count). The van der Waals surface area contributed by atoms with Crippen molar-refractivity contribution in [3.05, 3.63) is 23.3 Å². The lowest BCUT2D eigenvalue weighted by Gasteiger charge is -2.33. The zero-order valence-electron chi connectivity index (χ0n) is 19.7. The molecule has 11 nitrogen and oxygen atoms in total. The first-order valence-electron chi connectivity index (χ1n) is 11.9. The van der Waals surface area contributed by atoms with Crippen molar-refractivity contribution in [3.63, 3.8) is 0 Å². The number of nitrogens with two attached hydrogens (primary N) is 1. The van der Waals surface area contributed by atoms with Crippen LogP contribution in [0.3, 0.4) is 0 Å². The van der Waals surface area contributed by atoms with E-state index in [1.807, 2.05) is 17.9 Å². The molecule has 12 heteroatoms. The largest absolute Gasteiger partial charge is 0.392 e. The van der Waals surface area contributed by atoms with Crippen LogP contribution in [0, 0.1) is 0 Å². The number of hydrogen-bond donors (Lipinski definition) is 3. The average Bonchev–Trinajstić information content (AvgIpc) is 3.30. The van der Waals surface area contributed by atoms with Gasteiger partial charge in [-0.2, -0.15) is 0 Å². The van der Waals surface area contributed by atoms with Gasteiger partial charge in [0.15, 0.2) is 11.6 Å². The van der Waals surface area contributed by atoms with Gasteiger partial charge in [-0.1, -0.05) is 0 Å². The van der Waals surface area contributed by atoms with Gasteiger partial charge in [0, 0.05) is 36.9 Å². The minimum absolute atomic E-state index is 0.0456. The molecule has 0 saturated carbocycles. The fraction of sp³-hybridized carbons (Fsp3) is 0.522. The lowest BCUT2D eigenvalue weighted by molar-refractivity contribution is -0.127. The molecule has 0 bridgehead atoms. The number of nitrogens with one attached hydrogen (secondary N) is 1. The molecule has 186 valence electrons. The van der Waals surface area contributed by atoms with Gasteiger partial charge < -0.3 is 25.8 Å². The van der Waals surface area contributed by atoms with Crippen molar-refractivity contribution < 1.29 is 14.6 Å². The van der Waals surface area contributed by atoms with Gasteiger partial charge in [-0.15, -0.1) is 11.3 Å². The van der Waals surface area contributed by atoms with Crippen LogP contribution in [0.25, 0.3) is 21.6 Å². The van der Waals surface area contributed by atoms with Crippen LogP contribution in [0.4, 0.5) is 11.8 Å². The maximum absolute atomic E-state index is 12.8. The number of anilines is 2. The number of fused-ring (bicyclic) bond motifs is 1. The van der Waals surface area contributed by atoms with E-state index in [0.29, 0.717) is 37.7 Å². The molecule has 2 aliphatic rings. The van der Waals surface area contributed by atoms with Crippen LogP contribution in [-0.2, 0) is 16.1 Å². The van der Waals surface area contributed by atoms with Gasteiger partial charge in [0.25, 0.3) is 0 Å². The Kier molecular flexibility index (Phi) is 7.04. The molecule has 0 spiro atoms. The Labute approximate surface area is 207 Å². The fourth-order valence-corrected chi connectivity index (χ4v) is 5.50. The number of morpholine rings is 1. The average molecular weight is 499 g/mol. The minimum Gasteiger partial charge on any atom is -0.392 e. The molecule has 4 N–H and O–H groups in total. The van der Waals surface area contributed by atoms with E-state index in [1.54, 1.807) is 23.7 Å². The predicted molar refractivity (Wildman–Crippen MR) is 134 cm³/mol. The molecule has 0 aliphatic carbocycles. The Morgan fingerprint density at radius 1 is 1.29 bits per heavy atom. The molecule has 0 aromatic carbocycles. The quantitative estimate of drug-likeness (QED) is 0.451. The Bertz CT molecular complexity index is 1180. The summed E-state index contributed by atoms with van der Waals surface area (Å²) in [5.41, 5.74) is 7.15. The van der Waals surface area contributed by atoms with Crippen LogP contribution in [0.1, 0.15) is 24.6 Å². The summed E-state index contributed by atoms with van der Waals surface area (Å²) < 4.78 is 6.50. The van der Waals surface area contributed by atoms with E-state index in [4.69, 9.17) is 20.4 Å². The summed E-state index contributed by atoms with van der Waals surface area (Å²) in [5, 5.41) is 13.0. The highest BCUT2D eigenvalue weighted by Gasteiger charge is 2.26. The van der Waals surface area contributed by atoms with Gasteiger partial charge in [-0.25, -0.2) is 19.9 Å². The molecular formula is C23H30N8O3S. The molecule has 2 fully saturated rings. The maximum Gasteiger partial charge on any atom is 0.237 e. The number of piperidine rings is 1. The van der Waals surface area contributed by atoms with Crippen LogP contribution >= 0.6 is 11.3 Å². The maximum atomic E-state index is 12.8. The molecule has 3 aromatic heterocycles. The fourth-order valence-electron chi connectivity index (χ4n) is 4.45. The van der Waals surface area contributed by atoms with E-state index in [9.17, 15) is 9.90 Å². The number of aromatic nitrogens is 4. The standard InChI is InChI=1S/C23H30N8O3S/c1-14(31-4-2-3-16(32)13-31)22(33)25-12-17-9-18-19(35-17)21(30-5-7-34-8-6-30)29-20(28-18)15-10-26-23(24)27-11-15/h9-11,14,16,32H,2-8,12-13H2,1H3,(H,25,33)(H2,24,26,27). The SMILES string of the molecule is CC(C(=O)NCc1cc2nc(-c3cnc(N)nc3)nc(N3CCOCC3)c2s1)N1CCCC(O)C1. The molecule has 5 heterocycles. The lowest BCUT2D eigenvalue weighted by Crippen LogP contribution is -2.50. The van der Waals surface area contributed by atoms with Crippen LogP contribution in [0.5, 0.6) is 0 Å². The van der Waals surface area contributed by atoms with E-state index in [2.05, 4.69) is 20.2 Å². The number of thiophene rings is 1. The van der Waals surface area contributed by atoms with Gasteiger partial charge in [0.1, 0.15) is 0 Å². The topological polar surface area (TPSA) is 143 Å². The van der Waals surface area contributed by atoms with E-state index < -0.39 is 0 Å². The van der Waals surface area contributed by atoms with Crippen molar-refractivity contribution in [2.75, 3.05) is 50.0 Å². The van der Waals surface area contributed by atoms with Crippen molar-refractivity contribution in [1.29, 1.82) is 0 Å². The number of likely N-dealkylation sites (tertiary alicyclic amines) is 1. The molecule has 1 amide bonds. The third kappa shape index (κ3) is 5.35. The summed E-state index contributed by atoms with van der Waals surface area (Å²) in [5.74, 6) is 1.54. The summed E-state index contributed by atoms with van der Waals surface area (Å²) in [4.78, 5) is 35.8. The number of rotatable bonds is 6. The second kappa shape index (κ2) is 10.4. The van der Waals surface area contributed by atoms with Gasteiger partial charge >= 0.3 is 0 Å². The molecule has 0 radical (unpaired) electrons. The van der Waals surface area contributed by atoms with Gasteiger partial charge in [-0.05, 0) is 32.4 Å². The molecule has 2 aliphatic heterocycles. The summed E-state index contributed by atoms with van der Waals surface area (Å²) >= 11 is 1.59. The second-order valence-corrected chi connectivity index (χ2v) is 10.0. The summed E-state index contributed by atoms with van der Waals surface area (Å²) in [6.07, 6.45) is 4.58. The monoisotopic (exact) mass is 498 g/mol. The van der Waals surface area contributed by atoms with Gasteiger partial charge in [-0.3, -0.25) is 9.69 Å². The van der Waals surface area contributed by atoms with Crippen LogP contribution in [0.15, 0.2) is 18.5 Å². The van der Waals surface area contributed by atoms with Crippen LogP contribution in [-0.4, -0.2) is 87.4 Å². The number of carbonyl (C=O) groups is 1. The van der Waals surface area contributed by atoms with E-state index >= 15 is 0 Å². The normalized spacial score (nSPS) is 20.2. The summed E-state index contributed by atoms with van der Waals surface area (Å²) in [6, 6.07) is 1.71. The number of amides is 1. The first-order valence-corrected chi connectivity index (χ1v) is 12.7. The lowest BCUT2D eigenvalue weighted by atomic mass is 10.1. The van der Waals surface area contributed by atoms with Crippen molar-refractivity contribution in [1.82, 2.24) is 30.2 Å². The highest BCUT2D eigenvalue weighted by Crippen LogP contribution is 2.34. The molecule has 2 atom stereocenters. The van der Waals surface area contributed by atoms with E-state index in [0.717, 1.165) is 53.4 Å². The van der Waals surface area contributed by atoms with Crippen LogP contribution < -0.4 is 16.0 Å². The number of hydrogen-bond acceptors (Lipinski definition) is 11. The molecule has 2 unspecified atom stereocenters. The molecule has 2 saturated heterocycles. The highest BCUT2D eigenvalue weighted by molar-refractivity contribution is 7.19. The number of ether oxygens (including phenoxy) is 1. The minimum atomic E-state index is -0.362. The summed E-state index contributed by atoms with van der Waals surface area (Å²) in [6.45, 7) is 6.43. The summed E-state index contributed by atoms with van der Waals surface area (Å²) in [7, 11) is 0. The van der Waals surface area contributed by atoms with Crippen molar-refractivity contribution in [3.8, 4) is 11.4 Å². The first kappa shape index (κ1) is 23.8. The number of carbonyl (C=O) groups excluding carboxylic acids is 1. The Balaban J connectivity index is 1.38. The molecule has 35 heavy (non-hydrogen) atoms. The number of nitrogens with zero attached hydrogens (tertiary/aromatic N) is 6. The van der Waals surface area contributed by atoms with Crippen molar-refractivity contribution in [2.24, 2.45) is 0 Å². The van der Waals surface area contributed by atoms with Crippen molar-refractivity contribution in [2.45, 2.75) is 38.5 Å². The predicted octanol–water partition coefficient (Wildman–Crippen LogP) is 1.03. The highest BCUT2D eigenvalue weighted by atomic mass is 32.1. The van der Waals surface area contributed by atoms with Crippen LogP contribution in [0.2, 0.25) is 0 Å². The number of β-amino-alcohol motifs (C(OH)–C–C–N with tert-alkyl or cyclic N) is 1. The van der Waals surface area contributed by atoms with Crippen molar-refractivity contribution >= 4 is 39.2 Å². The third-order valence-corrected chi connectivity index (χ3v) is 7.56. The first-order chi connectivity index (χ1) is 17.0. The van der Waals surface area contributed by atoms with E-state index in [-0.39, 0.29) is 24.0 Å². The van der Waals surface area contributed by atoms with Gasteiger partial charge in [0.05, 0.1) is 47.7 Å². The number of aliphatic hydroxyl groups excluding tert-OH is 1.